The first-order valence-electron chi connectivity index (χ1n) is 7.44. The lowest BCUT2D eigenvalue weighted by Crippen LogP contribution is -2.24. The van der Waals surface area contributed by atoms with Crippen molar-refractivity contribution in [3.63, 3.8) is 0 Å². The van der Waals surface area contributed by atoms with Crippen molar-refractivity contribution in [2.75, 3.05) is 5.73 Å². The van der Waals surface area contributed by atoms with Crippen LogP contribution in [0.5, 0.6) is 0 Å². The van der Waals surface area contributed by atoms with Crippen LogP contribution in [0, 0.1) is 5.82 Å². The normalized spacial score (nSPS) is 10.5. The Balaban J connectivity index is 1.75. The molecule has 1 amide bonds. The smallest absolute Gasteiger partial charge is 0.256 e. The summed E-state index contributed by atoms with van der Waals surface area (Å²) in [5.74, 6) is -0.521. The SMILES string of the molecule is Nc1nc(-c2cccc(F)c2)ncc1C(=O)NCc1cccc(Cl)c1. The van der Waals surface area contributed by atoms with Gasteiger partial charge < -0.3 is 11.1 Å². The minimum Gasteiger partial charge on any atom is -0.383 e. The molecule has 0 saturated heterocycles. The first-order chi connectivity index (χ1) is 12.0. The molecule has 0 bridgehead atoms. The van der Waals surface area contributed by atoms with E-state index in [2.05, 4.69) is 15.3 Å². The zero-order valence-corrected chi connectivity index (χ0v) is 13.8. The molecule has 5 nitrogen and oxygen atoms in total. The van der Waals surface area contributed by atoms with Crippen LogP contribution >= 0.6 is 11.6 Å². The highest BCUT2D eigenvalue weighted by atomic mass is 35.5. The van der Waals surface area contributed by atoms with Crippen LogP contribution in [0.4, 0.5) is 10.2 Å². The van der Waals surface area contributed by atoms with Crippen molar-refractivity contribution in [3.8, 4) is 11.4 Å². The Morgan fingerprint density at radius 3 is 2.72 bits per heavy atom. The van der Waals surface area contributed by atoms with Crippen molar-refractivity contribution in [2.45, 2.75) is 6.54 Å². The Kier molecular flexibility index (Phi) is 4.90. The largest absolute Gasteiger partial charge is 0.383 e. The van der Waals surface area contributed by atoms with E-state index in [1.165, 1.54) is 18.3 Å². The molecule has 0 spiro atoms. The van der Waals surface area contributed by atoms with Crippen LogP contribution in [0.25, 0.3) is 11.4 Å². The van der Waals surface area contributed by atoms with Crippen molar-refractivity contribution >= 4 is 23.3 Å². The Hall–Kier alpha value is -2.99. The minimum absolute atomic E-state index is 0.0258. The number of anilines is 1. The molecule has 25 heavy (non-hydrogen) atoms. The Morgan fingerprint density at radius 1 is 1.20 bits per heavy atom. The zero-order chi connectivity index (χ0) is 17.8. The third-order valence-corrected chi connectivity index (χ3v) is 3.72. The van der Waals surface area contributed by atoms with E-state index in [0.29, 0.717) is 17.1 Å². The van der Waals surface area contributed by atoms with Gasteiger partial charge >= 0.3 is 0 Å². The average molecular weight is 357 g/mol. The first-order valence-corrected chi connectivity index (χ1v) is 7.82. The number of nitrogens with zero attached hydrogens (tertiary/aromatic N) is 2. The molecule has 7 heteroatoms. The van der Waals surface area contributed by atoms with Crippen molar-refractivity contribution in [2.24, 2.45) is 0 Å². The highest BCUT2D eigenvalue weighted by Gasteiger charge is 2.13. The Labute approximate surface area is 148 Å². The molecule has 1 aromatic heterocycles. The molecule has 2 aromatic carbocycles. The number of nitrogens with one attached hydrogen (secondary N) is 1. The molecule has 3 rings (SSSR count). The number of nitrogen functional groups attached to an aromatic ring is 1. The molecule has 3 N–H and O–H groups in total. The maximum absolute atomic E-state index is 13.3. The number of halogens is 2. The van der Waals surface area contributed by atoms with Gasteiger partial charge in [0.25, 0.3) is 5.91 Å². The highest BCUT2D eigenvalue weighted by molar-refractivity contribution is 6.30. The number of benzene rings is 2. The molecule has 1 heterocycles. The van der Waals surface area contributed by atoms with Gasteiger partial charge in [-0.3, -0.25) is 4.79 Å². The molecule has 0 saturated carbocycles. The van der Waals surface area contributed by atoms with Crippen LogP contribution < -0.4 is 11.1 Å². The first kappa shape index (κ1) is 16.9. The summed E-state index contributed by atoms with van der Waals surface area (Å²) < 4.78 is 13.3. The Bertz CT molecular complexity index is 932. The van der Waals surface area contributed by atoms with Gasteiger partial charge in [0.1, 0.15) is 11.6 Å². The monoisotopic (exact) mass is 356 g/mol. The third kappa shape index (κ3) is 4.10. The number of aromatic nitrogens is 2. The quantitative estimate of drug-likeness (QED) is 0.750. The van der Waals surface area contributed by atoms with Gasteiger partial charge in [0, 0.05) is 23.3 Å². The maximum atomic E-state index is 13.3. The molecule has 0 aliphatic rings. The summed E-state index contributed by atoms with van der Waals surface area (Å²) in [5.41, 5.74) is 7.36. The van der Waals surface area contributed by atoms with Gasteiger partial charge in [-0.2, -0.15) is 0 Å². The van der Waals surface area contributed by atoms with Gasteiger partial charge in [-0.05, 0) is 29.8 Å². The molecular weight excluding hydrogens is 343 g/mol. The summed E-state index contributed by atoms with van der Waals surface area (Å²) in [6, 6.07) is 13.0. The number of carbonyl (C=O) groups excluding carboxylic acids is 1. The Morgan fingerprint density at radius 2 is 2.00 bits per heavy atom. The van der Waals surface area contributed by atoms with E-state index >= 15 is 0 Å². The van der Waals surface area contributed by atoms with Crippen molar-refractivity contribution in [1.82, 2.24) is 15.3 Å². The second-order valence-corrected chi connectivity index (χ2v) is 5.75. The lowest BCUT2D eigenvalue weighted by atomic mass is 10.2. The number of carbonyl (C=O) groups is 1. The van der Waals surface area contributed by atoms with Gasteiger partial charge in [-0.1, -0.05) is 35.9 Å². The van der Waals surface area contributed by atoms with Crippen molar-refractivity contribution in [3.05, 3.63) is 76.7 Å². The van der Waals surface area contributed by atoms with Gasteiger partial charge in [0.2, 0.25) is 0 Å². The van der Waals surface area contributed by atoms with E-state index in [1.807, 2.05) is 6.07 Å². The van der Waals surface area contributed by atoms with Gasteiger partial charge in [0.05, 0.1) is 5.56 Å². The van der Waals surface area contributed by atoms with E-state index < -0.39 is 11.7 Å². The number of hydrogen-bond acceptors (Lipinski definition) is 4. The summed E-state index contributed by atoms with van der Waals surface area (Å²) in [4.78, 5) is 20.5. The molecule has 0 aliphatic heterocycles. The highest BCUT2D eigenvalue weighted by Crippen LogP contribution is 2.18. The lowest BCUT2D eigenvalue weighted by molar-refractivity contribution is 0.0951. The second kappa shape index (κ2) is 7.27. The predicted octanol–water partition coefficient (Wildman–Crippen LogP) is 3.45. The summed E-state index contributed by atoms with van der Waals surface area (Å²) in [5, 5.41) is 3.33. The number of nitrogens with two attached hydrogens (primary N) is 1. The summed E-state index contributed by atoms with van der Waals surface area (Å²) in [6.07, 6.45) is 1.33. The van der Waals surface area contributed by atoms with Gasteiger partial charge in [0.15, 0.2) is 5.82 Å². The molecule has 0 atom stereocenters. The standard InChI is InChI=1S/C18H14ClFN4O/c19-13-5-1-3-11(7-13)9-23-18(25)15-10-22-17(24-16(15)21)12-4-2-6-14(20)8-12/h1-8,10H,9H2,(H,23,25)(H2,21,22,24). The molecule has 0 radical (unpaired) electrons. The lowest BCUT2D eigenvalue weighted by Gasteiger charge is -2.08. The molecule has 0 unspecified atom stereocenters. The van der Waals surface area contributed by atoms with Crippen LogP contribution in [0.2, 0.25) is 5.02 Å². The third-order valence-electron chi connectivity index (χ3n) is 3.49. The molecular formula is C18H14ClFN4O. The summed E-state index contributed by atoms with van der Waals surface area (Å²) in [6.45, 7) is 0.296. The maximum Gasteiger partial charge on any atom is 0.256 e. The second-order valence-electron chi connectivity index (χ2n) is 5.32. The predicted molar refractivity (Wildman–Crippen MR) is 94.5 cm³/mol. The fraction of sp³-hybridized carbons (Fsp3) is 0.0556. The van der Waals surface area contributed by atoms with Crippen LogP contribution in [-0.4, -0.2) is 15.9 Å². The van der Waals surface area contributed by atoms with E-state index in [1.54, 1.807) is 30.3 Å². The van der Waals surface area contributed by atoms with Gasteiger partial charge in [-0.15, -0.1) is 0 Å². The molecule has 3 aromatic rings. The minimum atomic E-state index is -0.400. The zero-order valence-electron chi connectivity index (χ0n) is 13.0. The van der Waals surface area contributed by atoms with E-state index in [0.717, 1.165) is 5.56 Å². The van der Waals surface area contributed by atoms with Crippen LogP contribution in [0.15, 0.2) is 54.7 Å². The number of hydrogen-bond donors (Lipinski definition) is 2. The molecule has 126 valence electrons. The molecule has 0 aliphatic carbocycles. The van der Waals surface area contributed by atoms with Crippen molar-refractivity contribution < 1.29 is 9.18 Å². The van der Waals surface area contributed by atoms with Crippen LogP contribution in [0.3, 0.4) is 0 Å². The van der Waals surface area contributed by atoms with E-state index in [-0.39, 0.29) is 17.2 Å². The molecule has 0 fully saturated rings. The fourth-order valence-electron chi connectivity index (χ4n) is 2.26. The summed E-state index contributed by atoms with van der Waals surface area (Å²) in [7, 11) is 0. The fourth-order valence-corrected chi connectivity index (χ4v) is 2.47. The average Bonchev–Trinajstić information content (AvgIpc) is 2.59. The van der Waals surface area contributed by atoms with Crippen molar-refractivity contribution in [1.29, 1.82) is 0 Å². The number of rotatable bonds is 4. The number of amides is 1. The van der Waals surface area contributed by atoms with Gasteiger partial charge in [-0.25, -0.2) is 14.4 Å². The van der Waals surface area contributed by atoms with Crippen LogP contribution in [-0.2, 0) is 6.54 Å². The van der Waals surface area contributed by atoms with Crippen LogP contribution in [0.1, 0.15) is 15.9 Å². The van der Waals surface area contributed by atoms with E-state index in [4.69, 9.17) is 17.3 Å². The summed E-state index contributed by atoms with van der Waals surface area (Å²) >= 11 is 5.91. The topological polar surface area (TPSA) is 80.9 Å². The van der Waals surface area contributed by atoms with E-state index in [9.17, 15) is 9.18 Å².